The number of pyridine rings is 1. The van der Waals surface area contributed by atoms with E-state index in [0.717, 1.165) is 56.1 Å². The van der Waals surface area contributed by atoms with Gasteiger partial charge in [0.1, 0.15) is 5.82 Å². The quantitative estimate of drug-likeness (QED) is 0.135. The monoisotopic (exact) mass is 1120 g/mol. The summed E-state index contributed by atoms with van der Waals surface area (Å²) in [5.74, 6) is 0.904. The number of para-hydroxylation sites is 1. The van der Waals surface area contributed by atoms with Gasteiger partial charge in [-0.25, -0.2) is 4.98 Å². The summed E-state index contributed by atoms with van der Waals surface area (Å²) < 4.78 is 2.30. The third-order valence-corrected chi connectivity index (χ3v) is 15.7. The molecular weight excluding hydrogens is 1060 g/mol. The predicted octanol–water partition coefficient (Wildman–Crippen LogP) is 17.4. The van der Waals surface area contributed by atoms with Gasteiger partial charge in [-0.1, -0.05) is 174 Å². The van der Waals surface area contributed by atoms with Crippen LogP contribution in [-0.4, -0.2) is 9.55 Å². The number of rotatable bonds is 9. The minimum absolute atomic E-state index is 0. The van der Waals surface area contributed by atoms with Crippen molar-refractivity contribution in [3.8, 4) is 5.82 Å². The number of aryl methyl sites for hydroxylation is 2. The Morgan fingerprint density at radius 3 is 1.58 bits per heavy atom. The van der Waals surface area contributed by atoms with Crippen molar-refractivity contribution in [2.75, 3.05) is 9.80 Å². The van der Waals surface area contributed by atoms with Gasteiger partial charge in [-0.2, -0.15) is 47.0 Å². The van der Waals surface area contributed by atoms with Gasteiger partial charge >= 0.3 is 0 Å². The molecule has 3 heterocycles. The second kappa shape index (κ2) is 18.4. The Balaban J connectivity index is 0.00000640. The Kier molecular flexibility index (Phi) is 12.9. The van der Waals surface area contributed by atoms with Crippen molar-refractivity contribution in [1.82, 2.24) is 9.55 Å². The minimum atomic E-state index is -0.479. The van der Waals surface area contributed by atoms with Gasteiger partial charge in [-0.05, 0) is 117 Å². The summed E-state index contributed by atoms with van der Waals surface area (Å²) in [4.78, 5) is 9.78. The Morgan fingerprint density at radius 2 is 1.00 bits per heavy atom. The van der Waals surface area contributed by atoms with Gasteiger partial charge in [0.2, 0.25) is 0 Å². The van der Waals surface area contributed by atoms with Gasteiger partial charge in [0.15, 0.2) is 0 Å². The largest absolute Gasteiger partial charge is 0.493 e. The summed E-state index contributed by atoms with van der Waals surface area (Å²) in [6.45, 7) is 34.6. The summed E-state index contributed by atoms with van der Waals surface area (Å²) in [5, 5.41) is 2.36. The number of benzene rings is 7. The third-order valence-electron chi connectivity index (χ3n) is 15.7. The van der Waals surface area contributed by atoms with Crippen LogP contribution in [-0.2, 0) is 48.1 Å². The SMILES string of the molecule is Cc1cc2c(cc1C)N(c1cc(C(C)(C)c3ccccc3)cc(C(C)(C)c3ccccc3)c1)[CH-]N2c1[c-]c(C(C)(C)c2[c-]c3c(cc2)c2ccccc2n3-c2cc(C(C)(C)C)ccn2)cc(C(C)(C)C)c1.[Pt]. The first-order valence-corrected chi connectivity index (χ1v) is 25.4. The van der Waals surface area contributed by atoms with Gasteiger partial charge < -0.3 is 14.4 Å². The second-order valence-electron chi connectivity index (χ2n) is 23.7. The van der Waals surface area contributed by atoms with E-state index in [1.54, 1.807) is 0 Å². The molecule has 4 nitrogen and oxygen atoms in total. The molecule has 0 atom stereocenters. The van der Waals surface area contributed by atoms with Gasteiger partial charge in [0.25, 0.3) is 0 Å². The molecule has 7 aromatic carbocycles. The molecule has 0 saturated heterocycles. The summed E-state index contributed by atoms with van der Waals surface area (Å²) in [5.41, 5.74) is 17.7. The van der Waals surface area contributed by atoms with Crippen LogP contribution in [0.2, 0.25) is 0 Å². The van der Waals surface area contributed by atoms with Crippen molar-refractivity contribution in [2.45, 2.75) is 124 Å². The fraction of sp³-hybridized carbons (Fsp3) is 0.284. The average molecular weight is 1130 g/mol. The van der Waals surface area contributed by atoms with Crippen molar-refractivity contribution in [3.05, 3.63) is 232 Å². The van der Waals surface area contributed by atoms with Crippen LogP contribution in [0, 0.1) is 32.6 Å². The number of anilines is 4. The van der Waals surface area contributed by atoms with Gasteiger partial charge in [-0.3, -0.25) is 0 Å². The zero-order valence-electron chi connectivity index (χ0n) is 44.7. The first kappa shape index (κ1) is 50.7. The first-order valence-electron chi connectivity index (χ1n) is 25.4. The van der Waals surface area contributed by atoms with E-state index in [0.29, 0.717) is 0 Å². The fourth-order valence-electron chi connectivity index (χ4n) is 10.4. The van der Waals surface area contributed by atoms with Crippen molar-refractivity contribution in [3.63, 3.8) is 0 Å². The molecule has 370 valence electrons. The van der Waals surface area contributed by atoms with Crippen LogP contribution in [0.5, 0.6) is 0 Å². The van der Waals surface area contributed by atoms with Crippen LogP contribution >= 0.6 is 0 Å². The predicted molar refractivity (Wildman–Crippen MR) is 300 cm³/mol. The molecule has 0 bridgehead atoms. The van der Waals surface area contributed by atoms with Crippen LogP contribution in [0.15, 0.2) is 158 Å². The molecule has 9 aromatic rings. The van der Waals surface area contributed by atoms with E-state index in [-0.39, 0.29) is 42.7 Å². The van der Waals surface area contributed by atoms with Crippen LogP contribution < -0.4 is 9.80 Å². The third kappa shape index (κ3) is 8.93. The molecule has 0 amide bonds. The van der Waals surface area contributed by atoms with E-state index >= 15 is 0 Å². The van der Waals surface area contributed by atoms with E-state index in [1.807, 2.05) is 6.20 Å². The summed E-state index contributed by atoms with van der Waals surface area (Å²) in [6.07, 6.45) is 1.95. The number of nitrogens with zero attached hydrogens (tertiary/aromatic N) is 4. The Morgan fingerprint density at radius 1 is 0.444 bits per heavy atom. The molecule has 0 spiro atoms. The molecule has 2 aromatic heterocycles. The van der Waals surface area contributed by atoms with E-state index < -0.39 is 5.41 Å². The maximum absolute atomic E-state index is 4.98. The summed E-state index contributed by atoms with van der Waals surface area (Å²) in [7, 11) is 0. The fourth-order valence-corrected chi connectivity index (χ4v) is 10.4. The standard InChI is InChI=1S/C67H69N4.Pt/c1-44-33-60-61(34-45(44)2)70(55-39-52(65(9,10)46-23-17-15-18-24-46)36-53(40-55)66(11,12)47-25-19-16-20-26-47)43-69(60)54-37-50(64(6,7)8)35-51(38-54)67(13,14)49-29-30-57-56-27-21-22-28-58(56)71(59(57)41-49)62-42-48(31-32-68-62)63(3,4)5;/h15-37,39-40,42-43H,1-14H3;/q-3;. The average Bonchev–Trinajstić information content (AvgIpc) is 3.89. The molecule has 5 heteroatoms. The molecule has 0 radical (unpaired) electrons. The number of hydrogen-bond acceptors (Lipinski definition) is 3. The van der Waals surface area contributed by atoms with Gasteiger partial charge in [-0.15, -0.1) is 23.8 Å². The Bertz CT molecular complexity index is 3400. The van der Waals surface area contributed by atoms with Crippen molar-refractivity contribution in [1.29, 1.82) is 0 Å². The minimum Gasteiger partial charge on any atom is -0.493 e. The van der Waals surface area contributed by atoms with Gasteiger partial charge in [0, 0.05) is 60.7 Å². The topological polar surface area (TPSA) is 24.3 Å². The maximum atomic E-state index is 4.98. The van der Waals surface area contributed by atoms with Crippen LogP contribution in [0.3, 0.4) is 0 Å². The molecule has 0 saturated carbocycles. The van der Waals surface area contributed by atoms with Crippen LogP contribution in [0.4, 0.5) is 22.7 Å². The molecule has 10 rings (SSSR count). The molecule has 0 N–H and O–H groups in total. The van der Waals surface area contributed by atoms with E-state index in [9.17, 15) is 0 Å². The molecule has 0 unspecified atom stereocenters. The first-order chi connectivity index (χ1) is 33.5. The number of fused-ring (bicyclic) bond motifs is 4. The summed E-state index contributed by atoms with van der Waals surface area (Å²) >= 11 is 0. The van der Waals surface area contributed by atoms with Crippen molar-refractivity contribution < 1.29 is 21.1 Å². The van der Waals surface area contributed by atoms with E-state index in [2.05, 4.69) is 282 Å². The molecule has 1 aliphatic heterocycles. The maximum Gasteiger partial charge on any atom is 0.135 e. The van der Waals surface area contributed by atoms with Crippen molar-refractivity contribution in [2.24, 2.45) is 0 Å². The summed E-state index contributed by atoms with van der Waals surface area (Å²) in [6, 6.07) is 64.3. The molecule has 0 fully saturated rings. The zero-order chi connectivity index (χ0) is 50.4. The van der Waals surface area contributed by atoms with Crippen LogP contribution in [0.25, 0.3) is 27.6 Å². The Labute approximate surface area is 444 Å². The van der Waals surface area contributed by atoms with E-state index in [4.69, 9.17) is 4.98 Å². The second-order valence-corrected chi connectivity index (χ2v) is 23.7. The molecule has 0 aliphatic carbocycles. The smallest absolute Gasteiger partial charge is 0.135 e. The van der Waals surface area contributed by atoms with Crippen molar-refractivity contribution >= 4 is 44.6 Å². The number of aromatic nitrogens is 2. The van der Waals surface area contributed by atoms with Gasteiger partial charge in [0.05, 0.1) is 0 Å². The van der Waals surface area contributed by atoms with Crippen LogP contribution in [0.1, 0.15) is 139 Å². The zero-order valence-corrected chi connectivity index (χ0v) is 47.0. The molecular formula is C67H69N4Pt-3. The van der Waals surface area contributed by atoms with E-state index in [1.165, 1.54) is 49.9 Å². The molecule has 72 heavy (non-hydrogen) atoms. The number of hydrogen-bond donors (Lipinski definition) is 0. The normalized spacial score (nSPS) is 13.5. The Hall–Kier alpha value is -6.22. The molecule has 1 aliphatic rings.